The highest BCUT2D eigenvalue weighted by Crippen LogP contribution is 2.60. The predicted molar refractivity (Wildman–Crippen MR) is 159 cm³/mol. The number of anilines is 3. The number of nitrogens with zero attached hydrogens (tertiary/aromatic N) is 4. The molecule has 1 aliphatic carbocycles. The van der Waals surface area contributed by atoms with E-state index < -0.39 is 45.1 Å². The minimum Gasteiger partial charge on any atom is -0.370 e. The summed E-state index contributed by atoms with van der Waals surface area (Å²) in [7, 11) is -4.33. The van der Waals surface area contributed by atoms with Crippen molar-refractivity contribution in [1.82, 2.24) is 14.7 Å². The van der Waals surface area contributed by atoms with Crippen molar-refractivity contribution in [2.45, 2.75) is 81.6 Å². The number of fused-ring (bicyclic) bond motifs is 6. The largest absolute Gasteiger partial charge is 0.394 e. The van der Waals surface area contributed by atoms with Crippen molar-refractivity contribution in [3.8, 4) is 0 Å². The van der Waals surface area contributed by atoms with Gasteiger partial charge in [0.05, 0.1) is 11.0 Å². The SMILES string of the molecule is CC1(C)C[C@@H]2CCCNc3cccc(n3)S(=O)(=O)NC(=O)c3ccc(N4CC[C@H](OCCC5(C(F)(F)F)CC5)C4=O)nc3N1C2. The lowest BCUT2D eigenvalue weighted by atomic mass is 9.93. The van der Waals surface area contributed by atoms with Crippen LogP contribution in [0.1, 0.15) is 69.2 Å². The van der Waals surface area contributed by atoms with Gasteiger partial charge in [0.1, 0.15) is 23.6 Å². The van der Waals surface area contributed by atoms with E-state index in [0.717, 1.165) is 19.3 Å². The molecular weight excluding hydrogens is 613 g/mol. The number of ether oxygens (including phenoxy) is 1. The minimum atomic E-state index is -4.33. The van der Waals surface area contributed by atoms with Gasteiger partial charge < -0.3 is 15.0 Å². The lowest BCUT2D eigenvalue weighted by Gasteiger charge is -2.34. The van der Waals surface area contributed by atoms with Crippen molar-refractivity contribution < 1.29 is 35.9 Å². The Labute approximate surface area is 260 Å². The maximum absolute atomic E-state index is 13.6. The van der Waals surface area contributed by atoms with E-state index in [1.54, 1.807) is 12.1 Å². The van der Waals surface area contributed by atoms with Gasteiger partial charge in [-0.15, -0.1) is 0 Å². The van der Waals surface area contributed by atoms with E-state index in [2.05, 4.69) is 15.0 Å². The number of sulfonamides is 1. The van der Waals surface area contributed by atoms with Gasteiger partial charge in [-0.05, 0) is 82.6 Å². The molecule has 2 saturated heterocycles. The second kappa shape index (κ2) is 11.4. The molecule has 15 heteroatoms. The van der Waals surface area contributed by atoms with E-state index in [1.165, 1.54) is 23.1 Å². The Kier molecular flexibility index (Phi) is 7.99. The molecule has 2 aromatic heterocycles. The fraction of sp³-hybridized carbons (Fsp3) is 0.600. The van der Waals surface area contributed by atoms with Gasteiger partial charge in [0.15, 0.2) is 5.03 Å². The van der Waals surface area contributed by atoms with Crippen LogP contribution in [0.25, 0.3) is 0 Å². The zero-order valence-corrected chi connectivity index (χ0v) is 26.0. The summed E-state index contributed by atoms with van der Waals surface area (Å²) < 4.78 is 74.1. The number of hydrogen-bond donors (Lipinski definition) is 2. The minimum absolute atomic E-state index is 0.0292. The quantitative estimate of drug-likeness (QED) is 0.487. The summed E-state index contributed by atoms with van der Waals surface area (Å²) in [6.07, 6.45) is -2.42. The third-order valence-corrected chi connectivity index (χ3v) is 10.7. The second-order valence-corrected chi connectivity index (χ2v) is 14.7. The maximum Gasteiger partial charge on any atom is 0.394 e. The Balaban J connectivity index is 1.27. The van der Waals surface area contributed by atoms with Crippen molar-refractivity contribution in [2.24, 2.45) is 11.3 Å². The first-order chi connectivity index (χ1) is 21.2. The van der Waals surface area contributed by atoms with Crippen LogP contribution in [0.5, 0.6) is 0 Å². The highest BCUT2D eigenvalue weighted by molar-refractivity contribution is 7.90. The average Bonchev–Trinajstić information content (AvgIpc) is 3.60. The average molecular weight is 651 g/mol. The maximum atomic E-state index is 13.6. The fourth-order valence-corrected chi connectivity index (χ4v) is 7.62. The first kappa shape index (κ1) is 31.5. The Bertz CT molecular complexity index is 1600. The van der Waals surface area contributed by atoms with Crippen molar-refractivity contribution in [3.63, 3.8) is 0 Å². The number of rotatable bonds is 5. The molecule has 244 valence electrons. The van der Waals surface area contributed by atoms with Gasteiger partial charge in [-0.3, -0.25) is 14.5 Å². The van der Waals surface area contributed by atoms with Crippen LogP contribution in [-0.2, 0) is 19.6 Å². The molecule has 2 atom stereocenters. The van der Waals surface area contributed by atoms with Gasteiger partial charge in [-0.2, -0.15) is 21.6 Å². The normalized spacial score (nSPS) is 25.5. The molecule has 1 saturated carbocycles. The summed E-state index contributed by atoms with van der Waals surface area (Å²) in [5.41, 5.74) is -2.11. The van der Waals surface area contributed by atoms with Gasteiger partial charge in [-0.25, -0.2) is 14.7 Å². The zero-order chi connectivity index (χ0) is 32.2. The van der Waals surface area contributed by atoms with Crippen LogP contribution in [-0.4, -0.2) is 74.3 Å². The summed E-state index contributed by atoms with van der Waals surface area (Å²) in [6, 6.07) is 7.46. The second-order valence-electron chi connectivity index (χ2n) is 13.1. The molecule has 0 spiro atoms. The van der Waals surface area contributed by atoms with Gasteiger partial charge >= 0.3 is 6.18 Å². The Morgan fingerprint density at radius 1 is 1.09 bits per heavy atom. The van der Waals surface area contributed by atoms with Crippen molar-refractivity contribution in [1.29, 1.82) is 0 Å². The van der Waals surface area contributed by atoms with E-state index >= 15 is 0 Å². The number of halogens is 3. The van der Waals surface area contributed by atoms with E-state index in [0.29, 0.717) is 18.9 Å². The highest BCUT2D eigenvalue weighted by atomic mass is 32.2. The molecule has 3 aliphatic heterocycles. The monoisotopic (exact) mass is 650 g/mol. The van der Waals surface area contributed by atoms with Crippen LogP contribution < -0.4 is 19.8 Å². The molecule has 0 aromatic carbocycles. The molecule has 0 radical (unpaired) electrons. The molecule has 11 nitrogen and oxygen atoms in total. The van der Waals surface area contributed by atoms with Crippen LogP contribution in [0.3, 0.4) is 0 Å². The summed E-state index contributed by atoms with van der Waals surface area (Å²) in [5, 5.41) is 2.86. The number of hydrogen-bond acceptors (Lipinski definition) is 9. The standard InChI is InChI=1S/C30H37F3N6O5S/c1-28(2)17-19-5-4-14-34-22-6-3-7-24(35-22)45(42,43)37-26(40)20-8-9-23(36-25(20)39(28)18-19)38-15-10-21(27(38)41)44-16-13-29(11-12-29)30(31,32)33/h3,6-9,19,21H,4-5,10-18H2,1-2H3,(H,34,35)(H,37,40)/t19-,21-/m0/s1. The van der Waals surface area contributed by atoms with Crippen molar-refractivity contribution in [2.75, 3.05) is 41.4 Å². The molecule has 4 aliphatic rings. The molecule has 5 heterocycles. The number of alkyl halides is 3. The van der Waals surface area contributed by atoms with Crippen LogP contribution in [0.15, 0.2) is 35.4 Å². The number of nitrogens with one attached hydrogen (secondary N) is 2. The molecule has 0 unspecified atom stereocenters. The first-order valence-electron chi connectivity index (χ1n) is 15.3. The highest BCUT2D eigenvalue weighted by Gasteiger charge is 2.62. The lowest BCUT2D eigenvalue weighted by molar-refractivity contribution is -0.192. The van der Waals surface area contributed by atoms with E-state index in [4.69, 9.17) is 9.72 Å². The van der Waals surface area contributed by atoms with Gasteiger partial charge in [-0.1, -0.05) is 6.07 Å². The van der Waals surface area contributed by atoms with Gasteiger partial charge in [0, 0.05) is 38.2 Å². The summed E-state index contributed by atoms with van der Waals surface area (Å²) in [5.74, 6) is -0.128. The number of carbonyl (C=O) groups excluding carboxylic acids is 2. The van der Waals surface area contributed by atoms with Gasteiger partial charge in [0.2, 0.25) is 0 Å². The molecule has 3 fully saturated rings. The fourth-order valence-electron chi connectivity index (χ4n) is 6.68. The molecule has 2 N–H and O–H groups in total. The molecule has 2 amide bonds. The third-order valence-electron chi connectivity index (χ3n) is 9.43. The Hall–Kier alpha value is -3.46. The topological polar surface area (TPSA) is 134 Å². The molecule has 4 bridgehead atoms. The number of pyridine rings is 2. The molecule has 45 heavy (non-hydrogen) atoms. The first-order valence-corrected chi connectivity index (χ1v) is 16.7. The van der Waals surface area contributed by atoms with Crippen LogP contribution in [0, 0.1) is 11.3 Å². The third kappa shape index (κ3) is 6.20. The Morgan fingerprint density at radius 2 is 1.87 bits per heavy atom. The van der Waals surface area contributed by atoms with E-state index in [1.807, 2.05) is 18.7 Å². The predicted octanol–water partition coefficient (Wildman–Crippen LogP) is 4.26. The summed E-state index contributed by atoms with van der Waals surface area (Å²) in [6.45, 7) is 5.30. The van der Waals surface area contributed by atoms with E-state index in [9.17, 15) is 31.2 Å². The van der Waals surface area contributed by atoms with Crippen molar-refractivity contribution in [3.05, 3.63) is 35.9 Å². The lowest BCUT2D eigenvalue weighted by Crippen LogP contribution is -2.41. The van der Waals surface area contributed by atoms with E-state index in [-0.39, 0.29) is 67.0 Å². The number of amides is 2. The summed E-state index contributed by atoms with van der Waals surface area (Å²) in [4.78, 5) is 39.3. The van der Waals surface area contributed by atoms with Crippen LogP contribution in [0.4, 0.5) is 30.6 Å². The molecule has 6 rings (SSSR count). The zero-order valence-electron chi connectivity index (χ0n) is 25.2. The number of carbonyl (C=O) groups is 2. The van der Waals surface area contributed by atoms with Crippen LogP contribution in [0.2, 0.25) is 0 Å². The molecular formula is C30H37F3N6O5S. The van der Waals surface area contributed by atoms with Gasteiger partial charge in [0.25, 0.3) is 21.8 Å². The smallest absolute Gasteiger partial charge is 0.370 e. The van der Waals surface area contributed by atoms with Crippen molar-refractivity contribution >= 4 is 39.3 Å². The Morgan fingerprint density at radius 3 is 2.60 bits per heavy atom. The number of aromatic nitrogens is 2. The molecule has 2 aromatic rings. The van der Waals surface area contributed by atoms with Crippen LogP contribution >= 0.6 is 0 Å². The summed E-state index contributed by atoms with van der Waals surface area (Å²) >= 11 is 0.